The molecule has 0 unspecified atom stereocenters. The Morgan fingerprint density at radius 3 is 1.36 bits per heavy atom. The van der Waals surface area contributed by atoms with Crippen LogP contribution in [0.15, 0.2) is 140 Å². The van der Waals surface area contributed by atoms with Gasteiger partial charge in [0, 0.05) is 33.0 Å². The molecule has 0 saturated heterocycles. The van der Waals surface area contributed by atoms with Crippen molar-refractivity contribution in [2.75, 3.05) is 0 Å². The smallest absolute Gasteiger partial charge is 0.309 e. The quantitative estimate of drug-likeness (QED) is 0.177. The Hall–Kier alpha value is -6.08. The van der Waals surface area contributed by atoms with Crippen LogP contribution in [0.1, 0.15) is 58.2 Å². The number of halogens is 3. The average Bonchev–Trinajstić information content (AvgIpc) is 3.50. The van der Waals surface area contributed by atoms with E-state index in [-0.39, 0.29) is 16.4 Å². The van der Waals surface area contributed by atoms with Crippen molar-refractivity contribution in [3.63, 3.8) is 0 Å². The summed E-state index contributed by atoms with van der Waals surface area (Å²) in [5.74, 6) is 1.41. The molecule has 0 bridgehead atoms. The van der Waals surface area contributed by atoms with E-state index in [1.807, 2.05) is 72.8 Å². The third-order valence-corrected chi connectivity index (χ3v) is 10.2. The van der Waals surface area contributed by atoms with Crippen molar-refractivity contribution in [2.45, 2.75) is 58.5 Å². The Bertz CT molecular complexity index is 2570. The van der Waals surface area contributed by atoms with E-state index in [9.17, 15) is 13.2 Å². The lowest BCUT2D eigenvalue weighted by molar-refractivity contribution is -0.137. The Morgan fingerprint density at radius 2 is 0.891 bits per heavy atom. The van der Waals surface area contributed by atoms with Gasteiger partial charge in [0.15, 0.2) is 17.5 Å². The van der Waals surface area contributed by atoms with Crippen molar-refractivity contribution in [2.24, 2.45) is 0 Å². The molecule has 0 fully saturated rings. The maximum Gasteiger partial charge on any atom is 0.417 e. The van der Waals surface area contributed by atoms with Gasteiger partial charge in [-0.1, -0.05) is 157 Å². The van der Waals surface area contributed by atoms with Crippen LogP contribution in [0.4, 0.5) is 13.2 Å². The van der Waals surface area contributed by atoms with E-state index in [1.165, 1.54) is 6.07 Å². The van der Waals surface area contributed by atoms with Crippen molar-refractivity contribution < 1.29 is 13.2 Å². The highest BCUT2D eigenvalue weighted by Gasteiger charge is 2.34. The van der Waals surface area contributed by atoms with Gasteiger partial charge in [0.2, 0.25) is 0 Å². The summed E-state index contributed by atoms with van der Waals surface area (Å²) in [5, 5.41) is 2.03. The minimum absolute atomic E-state index is 0.0936. The number of benzene rings is 6. The first-order valence-corrected chi connectivity index (χ1v) is 18.4. The number of aromatic nitrogens is 4. The van der Waals surface area contributed by atoms with Crippen molar-refractivity contribution in [1.82, 2.24) is 19.5 Å². The molecule has 2 heterocycles. The predicted molar refractivity (Wildman–Crippen MR) is 218 cm³/mol. The second kappa shape index (κ2) is 13.3. The molecule has 0 saturated carbocycles. The number of hydrogen-bond acceptors (Lipinski definition) is 3. The van der Waals surface area contributed by atoms with Crippen molar-refractivity contribution in [3.8, 4) is 51.0 Å². The van der Waals surface area contributed by atoms with Gasteiger partial charge in [-0.2, -0.15) is 13.2 Å². The minimum atomic E-state index is -4.57. The maximum absolute atomic E-state index is 14.8. The Labute approximate surface area is 319 Å². The van der Waals surface area contributed by atoms with Gasteiger partial charge in [0.25, 0.3) is 0 Å². The standard InChI is InChI=1S/C48H41F3N4/c1-46(2,3)33-22-25-37-38-26-23-34(47(4,5)6)29-42(38)55(41(37)28-33)40-27-32(21-24-36(40)35-19-13-14-20-39(35)48(49,50)51)45-53-43(30-15-9-7-10-16-30)52-44(54-45)31-17-11-8-12-18-31/h7-29H,1-6H3. The molecule has 8 aromatic rings. The van der Waals surface area contributed by atoms with E-state index >= 15 is 0 Å². The highest BCUT2D eigenvalue weighted by molar-refractivity contribution is 6.10. The Kier molecular flexibility index (Phi) is 8.71. The molecule has 0 N–H and O–H groups in total. The summed E-state index contributed by atoms with van der Waals surface area (Å²) < 4.78 is 46.5. The molecule has 0 aliphatic heterocycles. The third kappa shape index (κ3) is 6.80. The Morgan fingerprint density at radius 1 is 0.436 bits per heavy atom. The van der Waals surface area contributed by atoms with Crippen LogP contribution in [-0.4, -0.2) is 19.5 Å². The summed E-state index contributed by atoms with van der Waals surface area (Å²) in [5.41, 5.74) is 6.42. The lowest BCUT2D eigenvalue weighted by Crippen LogP contribution is -2.12. The minimum Gasteiger partial charge on any atom is -0.309 e. The first-order valence-electron chi connectivity index (χ1n) is 18.4. The van der Waals surface area contributed by atoms with Gasteiger partial charge < -0.3 is 4.57 Å². The van der Waals surface area contributed by atoms with Crippen LogP contribution in [0.25, 0.3) is 72.8 Å². The molecule has 0 atom stereocenters. The van der Waals surface area contributed by atoms with Gasteiger partial charge in [-0.15, -0.1) is 0 Å². The first kappa shape index (κ1) is 35.9. The molecular formula is C48H41F3N4. The zero-order valence-corrected chi connectivity index (χ0v) is 31.7. The summed E-state index contributed by atoms with van der Waals surface area (Å²) in [7, 11) is 0. The van der Waals surface area contributed by atoms with E-state index < -0.39 is 11.7 Å². The largest absolute Gasteiger partial charge is 0.417 e. The van der Waals surface area contributed by atoms with Gasteiger partial charge >= 0.3 is 6.18 Å². The van der Waals surface area contributed by atoms with Gasteiger partial charge in [-0.25, -0.2) is 15.0 Å². The van der Waals surface area contributed by atoms with Crippen molar-refractivity contribution >= 4 is 21.8 Å². The normalized spacial score (nSPS) is 12.5. The van der Waals surface area contributed by atoms with Crippen LogP contribution in [0.5, 0.6) is 0 Å². The second-order valence-corrected chi connectivity index (χ2v) is 16.1. The van der Waals surface area contributed by atoms with Crippen LogP contribution in [0, 0.1) is 0 Å². The summed E-state index contributed by atoms with van der Waals surface area (Å²) in [6, 6.07) is 43.7. The second-order valence-electron chi connectivity index (χ2n) is 16.1. The fraction of sp³-hybridized carbons (Fsp3) is 0.188. The van der Waals surface area contributed by atoms with Crippen LogP contribution in [0.3, 0.4) is 0 Å². The van der Waals surface area contributed by atoms with Gasteiger partial charge in [0.05, 0.1) is 22.3 Å². The van der Waals surface area contributed by atoms with Crippen LogP contribution in [0.2, 0.25) is 0 Å². The van der Waals surface area contributed by atoms with E-state index in [2.05, 4.69) is 82.5 Å². The van der Waals surface area contributed by atoms with Crippen molar-refractivity contribution in [1.29, 1.82) is 0 Å². The molecule has 0 aliphatic rings. The fourth-order valence-electron chi connectivity index (χ4n) is 7.20. The van der Waals surface area contributed by atoms with E-state index in [0.29, 0.717) is 34.3 Å². The number of alkyl halides is 3. The summed E-state index contributed by atoms with van der Waals surface area (Å²) in [4.78, 5) is 14.8. The highest BCUT2D eigenvalue weighted by Crippen LogP contribution is 2.44. The molecule has 2 aromatic heterocycles. The molecule has 0 amide bonds. The van der Waals surface area contributed by atoms with Gasteiger partial charge in [-0.3, -0.25) is 0 Å². The van der Waals surface area contributed by atoms with E-state index in [0.717, 1.165) is 50.1 Å². The third-order valence-electron chi connectivity index (χ3n) is 10.2. The van der Waals surface area contributed by atoms with E-state index in [1.54, 1.807) is 18.2 Å². The first-order chi connectivity index (χ1) is 26.2. The molecule has 274 valence electrons. The SMILES string of the molecule is CC(C)(C)c1ccc2c3ccc(C(C)(C)C)cc3n(-c3cc(-c4nc(-c5ccccc5)nc(-c5ccccc5)n4)ccc3-c3ccccc3C(F)(F)F)c2c1. The summed E-state index contributed by atoms with van der Waals surface area (Å²) in [6.07, 6.45) is -4.57. The molecule has 6 aromatic carbocycles. The topological polar surface area (TPSA) is 43.6 Å². The molecule has 8 rings (SSSR count). The summed E-state index contributed by atoms with van der Waals surface area (Å²) >= 11 is 0. The zero-order chi connectivity index (χ0) is 38.7. The maximum atomic E-state index is 14.8. The van der Waals surface area contributed by atoms with Crippen molar-refractivity contribution in [3.05, 3.63) is 156 Å². The van der Waals surface area contributed by atoms with Gasteiger partial charge in [-0.05, 0) is 51.8 Å². The number of fused-ring (bicyclic) bond motifs is 3. The lowest BCUT2D eigenvalue weighted by Gasteiger charge is -2.22. The molecule has 0 spiro atoms. The van der Waals surface area contributed by atoms with Crippen LogP contribution < -0.4 is 0 Å². The zero-order valence-electron chi connectivity index (χ0n) is 31.7. The van der Waals surface area contributed by atoms with Gasteiger partial charge in [0.1, 0.15) is 0 Å². The van der Waals surface area contributed by atoms with E-state index in [4.69, 9.17) is 15.0 Å². The number of rotatable bonds is 5. The molecule has 4 nitrogen and oxygen atoms in total. The summed E-state index contributed by atoms with van der Waals surface area (Å²) in [6.45, 7) is 13.0. The van der Waals surface area contributed by atoms with Crippen LogP contribution >= 0.6 is 0 Å². The molecule has 55 heavy (non-hydrogen) atoms. The monoisotopic (exact) mass is 730 g/mol. The van der Waals surface area contributed by atoms with Crippen LogP contribution in [-0.2, 0) is 17.0 Å². The lowest BCUT2D eigenvalue weighted by atomic mass is 9.86. The molecule has 7 heteroatoms. The fourth-order valence-corrected chi connectivity index (χ4v) is 7.20. The highest BCUT2D eigenvalue weighted by atomic mass is 19.4. The number of nitrogens with zero attached hydrogens (tertiary/aromatic N) is 4. The molecule has 0 aliphatic carbocycles. The molecule has 0 radical (unpaired) electrons. The Balaban J connectivity index is 1.49. The number of hydrogen-bond donors (Lipinski definition) is 0. The average molecular weight is 731 g/mol. The molecular weight excluding hydrogens is 690 g/mol. The predicted octanol–water partition coefficient (Wildman–Crippen LogP) is 13.3.